The van der Waals surface area contributed by atoms with Crippen LogP contribution in [0.4, 0.5) is 0 Å². The molecule has 3 heteroatoms. The lowest BCUT2D eigenvalue weighted by molar-refractivity contribution is -0.134. The first-order valence-corrected chi connectivity index (χ1v) is 7.96. The fraction of sp³-hybridized carbons (Fsp3) is 0.667. The van der Waals surface area contributed by atoms with Crippen molar-refractivity contribution in [3.8, 4) is 5.75 Å². The van der Waals surface area contributed by atoms with E-state index in [1.807, 2.05) is 38.1 Å². The van der Waals surface area contributed by atoms with Gasteiger partial charge in [-0.2, -0.15) is 0 Å². The molecule has 0 amide bonds. The topological polar surface area (TPSA) is 38.7 Å². The van der Waals surface area contributed by atoms with E-state index in [1.54, 1.807) is 7.11 Å². The van der Waals surface area contributed by atoms with Crippen molar-refractivity contribution in [2.75, 3.05) is 7.11 Å². The minimum Gasteiger partial charge on any atom is -0.491 e. The smallest absolute Gasteiger partial charge is 0.119 e. The van der Waals surface area contributed by atoms with Crippen LogP contribution in [0.5, 0.6) is 5.75 Å². The molecule has 3 nitrogen and oxygen atoms in total. The normalized spacial score (nSPS) is 27.6. The van der Waals surface area contributed by atoms with Gasteiger partial charge in [0.05, 0.1) is 11.7 Å². The minimum absolute atomic E-state index is 0.158. The highest BCUT2D eigenvalue weighted by molar-refractivity contribution is 5.30. The molecule has 1 N–H and O–H groups in total. The highest BCUT2D eigenvalue weighted by atomic mass is 16.5. The molecule has 0 radical (unpaired) electrons. The summed E-state index contributed by atoms with van der Waals surface area (Å²) in [6.07, 6.45) is 3.73. The van der Waals surface area contributed by atoms with Crippen LogP contribution in [-0.4, -0.2) is 23.9 Å². The third-order valence-corrected chi connectivity index (χ3v) is 4.46. The maximum absolute atomic E-state index is 10.8. The van der Waals surface area contributed by atoms with E-state index in [-0.39, 0.29) is 6.10 Å². The Balaban J connectivity index is 2.15. The zero-order valence-corrected chi connectivity index (χ0v) is 13.6. The molecule has 0 saturated heterocycles. The zero-order chi connectivity index (χ0) is 15.5. The molecule has 0 spiro atoms. The maximum Gasteiger partial charge on any atom is 0.119 e. The van der Waals surface area contributed by atoms with Gasteiger partial charge in [-0.3, -0.25) is 0 Å². The van der Waals surface area contributed by atoms with Gasteiger partial charge in [0.2, 0.25) is 0 Å². The van der Waals surface area contributed by atoms with E-state index in [0.29, 0.717) is 5.92 Å². The van der Waals surface area contributed by atoms with E-state index in [4.69, 9.17) is 9.47 Å². The van der Waals surface area contributed by atoms with Crippen molar-refractivity contribution >= 4 is 0 Å². The number of aliphatic hydroxyl groups is 1. The van der Waals surface area contributed by atoms with Crippen LogP contribution in [0.2, 0.25) is 0 Å². The Hall–Kier alpha value is -1.06. The number of methoxy groups -OCH3 is 1. The minimum atomic E-state index is -0.585. The van der Waals surface area contributed by atoms with Crippen molar-refractivity contribution in [2.45, 2.75) is 64.3 Å². The molecule has 0 aromatic heterocycles. The molecule has 0 bridgehead atoms. The SMILES string of the molecule is COC1(C(O)c2ccc(OC(C)C)cc2)CCCC(C)C1. The Morgan fingerprint density at radius 3 is 2.43 bits per heavy atom. The van der Waals surface area contributed by atoms with E-state index in [2.05, 4.69) is 6.92 Å². The lowest BCUT2D eigenvalue weighted by Gasteiger charge is -2.42. The fourth-order valence-electron chi connectivity index (χ4n) is 3.39. The summed E-state index contributed by atoms with van der Waals surface area (Å²) in [4.78, 5) is 0. The van der Waals surface area contributed by atoms with Crippen molar-refractivity contribution in [1.82, 2.24) is 0 Å². The second kappa shape index (κ2) is 6.80. The Labute approximate surface area is 128 Å². The van der Waals surface area contributed by atoms with Gasteiger partial charge in [-0.15, -0.1) is 0 Å². The largest absolute Gasteiger partial charge is 0.491 e. The van der Waals surface area contributed by atoms with Crippen LogP contribution in [0.3, 0.4) is 0 Å². The molecule has 1 aliphatic rings. The Kier molecular flexibility index (Phi) is 5.28. The summed E-state index contributed by atoms with van der Waals surface area (Å²) in [6, 6.07) is 7.74. The summed E-state index contributed by atoms with van der Waals surface area (Å²) in [6.45, 7) is 6.25. The summed E-state index contributed by atoms with van der Waals surface area (Å²) in [7, 11) is 1.72. The molecule has 1 fully saturated rings. The molecule has 3 unspecified atom stereocenters. The second-order valence-corrected chi connectivity index (χ2v) is 6.61. The van der Waals surface area contributed by atoms with Crippen molar-refractivity contribution in [3.63, 3.8) is 0 Å². The van der Waals surface area contributed by atoms with Crippen LogP contribution >= 0.6 is 0 Å². The fourth-order valence-corrected chi connectivity index (χ4v) is 3.39. The predicted molar refractivity (Wildman–Crippen MR) is 84.5 cm³/mol. The van der Waals surface area contributed by atoms with E-state index in [0.717, 1.165) is 30.6 Å². The van der Waals surface area contributed by atoms with Crippen LogP contribution in [-0.2, 0) is 4.74 Å². The molecule has 0 aliphatic heterocycles. The van der Waals surface area contributed by atoms with Gasteiger partial charge in [0.1, 0.15) is 11.9 Å². The molecule has 2 rings (SSSR count). The highest BCUT2D eigenvalue weighted by Crippen LogP contribution is 2.43. The van der Waals surface area contributed by atoms with Crippen LogP contribution in [0, 0.1) is 5.92 Å². The summed E-state index contributed by atoms with van der Waals surface area (Å²) >= 11 is 0. The lowest BCUT2D eigenvalue weighted by atomic mass is 9.74. The number of rotatable bonds is 5. The van der Waals surface area contributed by atoms with Crippen LogP contribution in [0.15, 0.2) is 24.3 Å². The van der Waals surface area contributed by atoms with Crippen molar-refractivity contribution in [3.05, 3.63) is 29.8 Å². The summed E-state index contributed by atoms with van der Waals surface area (Å²) in [5.74, 6) is 1.43. The molecule has 21 heavy (non-hydrogen) atoms. The second-order valence-electron chi connectivity index (χ2n) is 6.61. The molecule has 3 atom stereocenters. The van der Waals surface area contributed by atoms with Gasteiger partial charge in [0.25, 0.3) is 0 Å². The Morgan fingerprint density at radius 2 is 1.90 bits per heavy atom. The average molecular weight is 292 g/mol. The molecule has 1 saturated carbocycles. The Morgan fingerprint density at radius 1 is 1.24 bits per heavy atom. The van der Waals surface area contributed by atoms with Crippen molar-refractivity contribution in [2.24, 2.45) is 5.92 Å². The van der Waals surface area contributed by atoms with Gasteiger partial charge in [0, 0.05) is 7.11 Å². The quantitative estimate of drug-likeness (QED) is 0.888. The van der Waals surface area contributed by atoms with Gasteiger partial charge >= 0.3 is 0 Å². The third-order valence-electron chi connectivity index (χ3n) is 4.46. The predicted octanol–water partition coefficient (Wildman–Crippen LogP) is 4.10. The first kappa shape index (κ1) is 16.3. The number of aliphatic hydroxyl groups excluding tert-OH is 1. The van der Waals surface area contributed by atoms with Gasteiger partial charge in [-0.25, -0.2) is 0 Å². The van der Waals surface area contributed by atoms with Gasteiger partial charge < -0.3 is 14.6 Å². The summed E-state index contributed by atoms with van der Waals surface area (Å²) in [5.41, 5.74) is 0.458. The lowest BCUT2D eigenvalue weighted by Crippen LogP contribution is -2.42. The maximum atomic E-state index is 10.8. The van der Waals surface area contributed by atoms with E-state index >= 15 is 0 Å². The van der Waals surface area contributed by atoms with Gasteiger partial charge in [0.15, 0.2) is 0 Å². The molecule has 118 valence electrons. The standard InChI is InChI=1S/C18H28O3/c1-13(2)21-16-9-7-15(8-10-16)17(19)18(20-4)11-5-6-14(3)12-18/h7-10,13-14,17,19H,5-6,11-12H2,1-4H3. The first-order chi connectivity index (χ1) is 9.97. The van der Waals surface area contributed by atoms with Crippen molar-refractivity contribution in [1.29, 1.82) is 0 Å². The van der Waals surface area contributed by atoms with Crippen LogP contribution in [0.25, 0.3) is 0 Å². The Bertz CT molecular complexity index is 440. The number of hydrogen-bond acceptors (Lipinski definition) is 3. The first-order valence-electron chi connectivity index (χ1n) is 7.96. The molecular formula is C18H28O3. The van der Waals surface area contributed by atoms with Gasteiger partial charge in [-0.05, 0) is 50.3 Å². The third kappa shape index (κ3) is 3.78. The molecule has 1 aromatic carbocycles. The average Bonchev–Trinajstić information content (AvgIpc) is 2.46. The number of hydrogen-bond donors (Lipinski definition) is 1. The van der Waals surface area contributed by atoms with Crippen LogP contribution < -0.4 is 4.74 Å². The molecule has 0 heterocycles. The van der Waals surface area contributed by atoms with E-state index in [1.165, 1.54) is 6.42 Å². The van der Waals surface area contributed by atoms with Crippen LogP contribution in [0.1, 0.15) is 58.1 Å². The number of benzene rings is 1. The molecule has 1 aromatic rings. The number of ether oxygens (including phenoxy) is 2. The van der Waals surface area contributed by atoms with E-state index in [9.17, 15) is 5.11 Å². The summed E-state index contributed by atoms with van der Waals surface area (Å²) < 4.78 is 11.4. The molecular weight excluding hydrogens is 264 g/mol. The van der Waals surface area contributed by atoms with Crippen molar-refractivity contribution < 1.29 is 14.6 Å². The monoisotopic (exact) mass is 292 g/mol. The highest BCUT2D eigenvalue weighted by Gasteiger charge is 2.42. The molecule has 1 aliphatic carbocycles. The van der Waals surface area contributed by atoms with E-state index < -0.39 is 11.7 Å². The van der Waals surface area contributed by atoms with Gasteiger partial charge in [-0.1, -0.05) is 31.9 Å². The zero-order valence-electron chi connectivity index (χ0n) is 13.6. The summed E-state index contributed by atoms with van der Waals surface area (Å²) in [5, 5.41) is 10.8.